The number of amides is 1. The van der Waals surface area contributed by atoms with Crippen LogP contribution in [-0.2, 0) is 9.53 Å². The molecule has 1 aromatic heterocycles. The van der Waals surface area contributed by atoms with Gasteiger partial charge in [0.05, 0.1) is 5.69 Å². The number of hydrogen-bond donors (Lipinski definition) is 0. The number of ether oxygens (including phenoxy) is 1. The fourth-order valence-corrected chi connectivity index (χ4v) is 3.68. The molecule has 27 heavy (non-hydrogen) atoms. The van der Waals surface area contributed by atoms with E-state index in [4.69, 9.17) is 4.74 Å². The van der Waals surface area contributed by atoms with Crippen LogP contribution in [0.4, 0.5) is 5.82 Å². The van der Waals surface area contributed by atoms with Crippen molar-refractivity contribution < 1.29 is 9.53 Å². The number of hydrogen-bond acceptors (Lipinski definition) is 5. The average Bonchev–Trinajstić information content (AvgIpc) is 3.25. The fourth-order valence-electron chi connectivity index (χ4n) is 3.68. The smallest absolute Gasteiger partial charge is 0.251 e. The van der Waals surface area contributed by atoms with E-state index < -0.39 is 0 Å². The third-order valence-corrected chi connectivity index (χ3v) is 5.57. The van der Waals surface area contributed by atoms with Crippen LogP contribution in [0.2, 0.25) is 0 Å². The van der Waals surface area contributed by atoms with E-state index in [1.165, 1.54) is 11.1 Å². The van der Waals surface area contributed by atoms with Crippen LogP contribution in [0.3, 0.4) is 0 Å². The molecule has 3 heterocycles. The number of nitrogens with zero attached hydrogens (tertiary/aromatic N) is 4. The Labute approximate surface area is 160 Å². The van der Waals surface area contributed by atoms with E-state index in [-0.39, 0.29) is 12.0 Å². The van der Waals surface area contributed by atoms with E-state index in [9.17, 15) is 4.79 Å². The highest BCUT2D eigenvalue weighted by Gasteiger charge is 2.30. The molecular formula is C21H26N4O2. The van der Waals surface area contributed by atoms with Gasteiger partial charge >= 0.3 is 0 Å². The minimum atomic E-state index is -0.228. The predicted molar refractivity (Wildman–Crippen MR) is 105 cm³/mol. The molecule has 1 atom stereocenters. The van der Waals surface area contributed by atoms with Gasteiger partial charge < -0.3 is 14.5 Å². The quantitative estimate of drug-likeness (QED) is 0.836. The first-order chi connectivity index (χ1) is 13.1. The Morgan fingerprint density at radius 3 is 2.48 bits per heavy atom. The molecule has 142 valence electrons. The first-order valence-corrected chi connectivity index (χ1v) is 9.68. The lowest BCUT2D eigenvalue weighted by molar-refractivity contribution is -0.141. The van der Waals surface area contributed by atoms with Gasteiger partial charge in [0.15, 0.2) is 5.82 Å². The Balaban J connectivity index is 1.38. The summed E-state index contributed by atoms with van der Waals surface area (Å²) in [6.07, 6.45) is 1.61. The SMILES string of the molecule is Cc1ccc(-c2ccc(N3CCN(C(=O)C4CCCO4)CC3)nn2)cc1C. The maximum atomic E-state index is 12.5. The van der Waals surface area contributed by atoms with E-state index in [1.807, 2.05) is 17.0 Å². The van der Waals surface area contributed by atoms with Crippen molar-refractivity contribution in [1.29, 1.82) is 0 Å². The number of piperazine rings is 1. The van der Waals surface area contributed by atoms with Gasteiger partial charge in [-0.25, -0.2) is 0 Å². The highest BCUT2D eigenvalue weighted by molar-refractivity contribution is 5.81. The van der Waals surface area contributed by atoms with Crippen LogP contribution in [0.25, 0.3) is 11.3 Å². The molecule has 0 spiro atoms. The molecule has 0 aliphatic carbocycles. The number of benzene rings is 1. The van der Waals surface area contributed by atoms with Crippen molar-refractivity contribution in [3.8, 4) is 11.3 Å². The summed E-state index contributed by atoms with van der Waals surface area (Å²) < 4.78 is 5.52. The summed E-state index contributed by atoms with van der Waals surface area (Å²) in [6.45, 7) is 7.89. The van der Waals surface area contributed by atoms with Crippen LogP contribution >= 0.6 is 0 Å². The van der Waals surface area contributed by atoms with E-state index >= 15 is 0 Å². The number of anilines is 1. The molecule has 1 unspecified atom stereocenters. The monoisotopic (exact) mass is 366 g/mol. The maximum absolute atomic E-state index is 12.5. The number of aryl methyl sites for hydroxylation is 2. The predicted octanol–water partition coefficient (Wildman–Crippen LogP) is 2.59. The van der Waals surface area contributed by atoms with E-state index in [1.54, 1.807) is 0 Å². The van der Waals surface area contributed by atoms with Gasteiger partial charge in [0.25, 0.3) is 5.91 Å². The molecule has 2 aliphatic heterocycles. The summed E-state index contributed by atoms with van der Waals surface area (Å²) in [7, 11) is 0. The van der Waals surface area contributed by atoms with Crippen LogP contribution in [-0.4, -0.2) is 59.9 Å². The van der Waals surface area contributed by atoms with Crippen molar-refractivity contribution in [2.75, 3.05) is 37.7 Å². The van der Waals surface area contributed by atoms with Gasteiger partial charge in [-0.3, -0.25) is 4.79 Å². The van der Waals surface area contributed by atoms with Crippen LogP contribution in [0.15, 0.2) is 30.3 Å². The van der Waals surface area contributed by atoms with Crippen molar-refractivity contribution >= 4 is 11.7 Å². The molecule has 0 bridgehead atoms. The van der Waals surface area contributed by atoms with Gasteiger partial charge in [0.2, 0.25) is 0 Å². The number of aromatic nitrogens is 2. The summed E-state index contributed by atoms with van der Waals surface area (Å²) in [5.41, 5.74) is 4.50. The first kappa shape index (κ1) is 17.9. The first-order valence-electron chi connectivity index (χ1n) is 9.68. The van der Waals surface area contributed by atoms with Gasteiger partial charge in [0, 0.05) is 38.3 Å². The Bertz CT molecular complexity index is 807. The Hall–Kier alpha value is -2.47. The molecule has 2 fully saturated rings. The Morgan fingerprint density at radius 1 is 1.04 bits per heavy atom. The standard InChI is InChI=1S/C21H26N4O2/c1-15-5-6-17(14-16(15)2)18-7-8-20(23-22-18)24-9-11-25(12-10-24)21(26)19-4-3-13-27-19/h5-8,14,19H,3-4,9-13H2,1-2H3. The van der Waals surface area contributed by atoms with Gasteiger partial charge in [0.1, 0.15) is 6.10 Å². The van der Waals surface area contributed by atoms with E-state index in [2.05, 4.69) is 47.1 Å². The van der Waals surface area contributed by atoms with Crippen molar-refractivity contribution in [3.05, 3.63) is 41.5 Å². The fraction of sp³-hybridized carbons (Fsp3) is 0.476. The summed E-state index contributed by atoms with van der Waals surface area (Å²) in [4.78, 5) is 16.6. The molecule has 2 saturated heterocycles. The largest absolute Gasteiger partial charge is 0.368 e. The molecule has 1 aromatic carbocycles. The molecule has 0 radical (unpaired) electrons. The third-order valence-electron chi connectivity index (χ3n) is 5.57. The maximum Gasteiger partial charge on any atom is 0.251 e. The summed E-state index contributed by atoms with van der Waals surface area (Å²) in [6, 6.07) is 10.4. The second-order valence-electron chi connectivity index (χ2n) is 7.39. The number of carbonyl (C=O) groups excluding carboxylic acids is 1. The Kier molecular flexibility index (Phi) is 5.07. The number of carbonyl (C=O) groups is 1. The summed E-state index contributed by atoms with van der Waals surface area (Å²) in [5, 5.41) is 8.85. The highest BCUT2D eigenvalue weighted by Crippen LogP contribution is 2.22. The second kappa shape index (κ2) is 7.64. The van der Waals surface area contributed by atoms with E-state index in [0.717, 1.165) is 43.0 Å². The molecule has 2 aliphatic rings. The zero-order valence-corrected chi connectivity index (χ0v) is 16.0. The van der Waals surface area contributed by atoms with Crippen molar-refractivity contribution in [1.82, 2.24) is 15.1 Å². The van der Waals surface area contributed by atoms with E-state index in [0.29, 0.717) is 19.7 Å². The van der Waals surface area contributed by atoms with Crippen LogP contribution in [0.1, 0.15) is 24.0 Å². The lowest BCUT2D eigenvalue weighted by Gasteiger charge is -2.36. The zero-order valence-electron chi connectivity index (χ0n) is 16.0. The zero-order chi connectivity index (χ0) is 18.8. The lowest BCUT2D eigenvalue weighted by Crippen LogP contribution is -2.51. The minimum Gasteiger partial charge on any atom is -0.368 e. The van der Waals surface area contributed by atoms with Gasteiger partial charge in [-0.1, -0.05) is 12.1 Å². The minimum absolute atomic E-state index is 0.142. The van der Waals surface area contributed by atoms with Gasteiger partial charge in [-0.2, -0.15) is 0 Å². The van der Waals surface area contributed by atoms with Crippen LogP contribution in [0.5, 0.6) is 0 Å². The lowest BCUT2D eigenvalue weighted by atomic mass is 10.0. The average molecular weight is 366 g/mol. The highest BCUT2D eigenvalue weighted by atomic mass is 16.5. The van der Waals surface area contributed by atoms with Crippen LogP contribution < -0.4 is 4.90 Å². The van der Waals surface area contributed by atoms with Crippen molar-refractivity contribution in [2.45, 2.75) is 32.8 Å². The van der Waals surface area contributed by atoms with Gasteiger partial charge in [-0.05, 0) is 56.0 Å². The molecule has 0 saturated carbocycles. The normalized spacial score (nSPS) is 20.1. The molecule has 4 rings (SSSR count). The topological polar surface area (TPSA) is 58.6 Å². The molecular weight excluding hydrogens is 340 g/mol. The number of rotatable bonds is 3. The molecule has 6 nitrogen and oxygen atoms in total. The molecule has 2 aromatic rings. The van der Waals surface area contributed by atoms with Crippen LogP contribution in [0, 0.1) is 13.8 Å². The van der Waals surface area contributed by atoms with Crippen molar-refractivity contribution in [2.24, 2.45) is 0 Å². The van der Waals surface area contributed by atoms with Crippen molar-refractivity contribution in [3.63, 3.8) is 0 Å². The molecule has 6 heteroatoms. The summed E-state index contributed by atoms with van der Waals surface area (Å²) in [5.74, 6) is 1.01. The molecule has 0 N–H and O–H groups in total. The molecule has 1 amide bonds. The Morgan fingerprint density at radius 2 is 1.85 bits per heavy atom. The summed E-state index contributed by atoms with van der Waals surface area (Å²) >= 11 is 0. The second-order valence-corrected chi connectivity index (χ2v) is 7.39. The third kappa shape index (κ3) is 3.81. The van der Waals surface area contributed by atoms with Gasteiger partial charge in [-0.15, -0.1) is 10.2 Å².